The maximum atomic E-state index is 13.2. The minimum absolute atomic E-state index is 0.0108. The van der Waals surface area contributed by atoms with E-state index in [-0.39, 0.29) is 11.9 Å². The number of nitrogens with zero attached hydrogens (tertiary/aromatic N) is 6. The maximum absolute atomic E-state index is 13.2. The topological polar surface area (TPSA) is 68.8 Å². The lowest BCUT2D eigenvalue weighted by atomic mass is 10.0. The summed E-state index contributed by atoms with van der Waals surface area (Å²) in [5.74, 6) is 0.823. The molecule has 1 aromatic carbocycles. The Balaban J connectivity index is 1.69. The number of hydrogen-bond acceptors (Lipinski definition) is 4. The molecule has 0 radical (unpaired) electrons. The molecule has 1 unspecified atom stereocenters. The van der Waals surface area contributed by atoms with E-state index in [1.165, 1.54) is 0 Å². The van der Waals surface area contributed by atoms with Crippen LogP contribution in [0, 0.1) is 0 Å². The highest BCUT2D eigenvalue weighted by atomic mass is 16.2. The van der Waals surface area contributed by atoms with Crippen molar-refractivity contribution in [1.29, 1.82) is 0 Å². The van der Waals surface area contributed by atoms with Gasteiger partial charge in [0, 0.05) is 25.0 Å². The Hall–Kier alpha value is -2.96. The molecule has 0 aliphatic carbocycles. The van der Waals surface area contributed by atoms with Crippen molar-refractivity contribution in [2.75, 3.05) is 6.54 Å². The normalized spacial score (nSPS) is 17.4. The second-order valence-electron chi connectivity index (χ2n) is 6.44. The van der Waals surface area contributed by atoms with Crippen LogP contribution in [0.3, 0.4) is 0 Å². The van der Waals surface area contributed by atoms with Crippen LogP contribution in [0.5, 0.6) is 0 Å². The molecule has 0 N–H and O–H groups in total. The van der Waals surface area contributed by atoms with Crippen LogP contribution < -0.4 is 0 Å². The van der Waals surface area contributed by atoms with Gasteiger partial charge in [-0.3, -0.25) is 14.0 Å². The Morgan fingerprint density at radius 1 is 1.19 bits per heavy atom. The molecule has 1 saturated heterocycles. The lowest BCUT2D eigenvalue weighted by Crippen LogP contribution is -2.40. The summed E-state index contributed by atoms with van der Waals surface area (Å²) in [4.78, 5) is 15.1. The molecule has 7 nitrogen and oxygen atoms in total. The minimum atomic E-state index is -0.0841. The van der Waals surface area contributed by atoms with Gasteiger partial charge < -0.3 is 4.90 Å². The zero-order valence-electron chi connectivity index (χ0n) is 14.8. The van der Waals surface area contributed by atoms with E-state index in [4.69, 9.17) is 0 Å². The third-order valence-electron chi connectivity index (χ3n) is 4.91. The molecule has 0 saturated carbocycles. The van der Waals surface area contributed by atoms with Crippen molar-refractivity contribution in [3.05, 3.63) is 60.4 Å². The summed E-state index contributed by atoms with van der Waals surface area (Å²) in [5.41, 5.74) is 1.63. The van der Waals surface area contributed by atoms with Gasteiger partial charge in [-0.25, -0.2) is 0 Å². The molecule has 134 valence electrons. The van der Waals surface area contributed by atoms with Gasteiger partial charge in [0.05, 0.1) is 6.04 Å². The molecule has 1 amide bonds. The van der Waals surface area contributed by atoms with Crippen molar-refractivity contribution in [1.82, 2.24) is 29.4 Å². The average molecular weight is 350 g/mol. The standard InChI is InChI=1S/C19H22N6O/c1-2-25-17(11-12-21-25)19(26)23-13-7-6-10-16(23)18-22-20-14-24(18)15-8-4-3-5-9-15/h3-5,8-9,11-12,14,16H,2,6-7,10,13H2,1H3. The SMILES string of the molecule is CCn1nccc1C(=O)N1CCCCC1c1nncn1-c1ccccc1. The van der Waals surface area contributed by atoms with Crippen molar-refractivity contribution in [3.63, 3.8) is 0 Å². The number of benzene rings is 1. The molecular formula is C19H22N6O. The number of piperidine rings is 1. The third kappa shape index (κ3) is 2.89. The van der Waals surface area contributed by atoms with Crippen molar-refractivity contribution in [2.24, 2.45) is 0 Å². The summed E-state index contributed by atoms with van der Waals surface area (Å²) in [6.45, 7) is 3.39. The highest BCUT2D eigenvalue weighted by molar-refractivity contribution is 5.92. The molecule has 26 heavy (non-hydrogen) atoms. The Labute approximate surface area is 152 Å². The van der Waals surface area contributed by atoms with Gasteiger partial charge in [-0.2, -0.15) is 5.10 Å². The van der Waals surface area contributed by atoms with Crippen LogP contribution in [-0.4, -0.2) is 41.9 Å². The lowest BCUT2D eigenvalue weighted by Gasteiger charge is -2.35. The molecule has 2 aromatic heterocycles. The first-order valence-electron chi connectivity index (χ1n) is 9.07. The smallest absolute Gasteiger partial charge is 0.272 e. The molecule has 3 aromatic rings. The van der Waals surface area contributed by atoms with Crippen LogP contribution in [-0.2, 0) is 6.54 Å². The van der Waals surface area contributed by atoms with E-state index in [0.717, 1.165) is 37.3 Å². The average Bonchev–Trinajstić information content (AvgIpc) is 3.37. The molecule has 7 heteroatoms. The molecule has 1 fully saturated rings. The number of hydrogen-bond donors (Lipinski definition) is 0. The van der Waals surface area contributed by atoms with Crippen molar-refractivity contribution in [2.45, 2.75) is 38.8 Å². The van der Waals surface area contributed by atoms with Gasteiger partial charge in [0.15, 0.2) is 5.82 Å². The summed E-state index contributed by atoms with van der Waals surface area (Å²) in [6, 6.07) is 11.7. The second kappa shape index (κ2) is 7.11. The number of aromatic nitrogens is 5. The van der Waals surface area contributed by atoms with Crippen molar-refractivity contribution in [3.8, 4) is 5.69 Å². The van der Waals surface area contributed by atoms with E-state index in [9.17, 15) is 4.79 Å². The Kier molecular flexibility index (Phi) is 4.51. The van der Waals surface area contributed by atoms with Gasteiger partial charge in [-0.05, 0) is 44.4 Å². The Bertz CT molecular complexity index is 884. The highest BCUT2D eigenvalue weighted by Gasteiger charge is 2.33. The van der Waals surface area contributed by atoms with Gasteiger partial charge in [0.25, 0.3) is 5.91 Å². The predicted molar refractivity (Wildman–Crippen MR) is 96.9 cm³/mol. The van der Waals surface area contributed by atoms with E-state index in [1.807, 2.05) is 46.7 Å². The zero-order chi connectivity index (χ0) is 17.9. The van der Waals surface area contributed by atoms with Gasteiger partial charge in [-0.15, -0.1) is 10.2 Å². The fraction of sp³-hybridized carbons (Fsp3) is 0.368. The monoisotopic (exact) mass is 350 g/mol. The second-order valence-corrected chi connectivity index (χ2v) is 6.44. The largest absolute Gasteiger partial charge is 0.327 e. The number of rotatable bonds is 4. The number of carbonyl (C=O) groups is 1. The van der Waals surface area contributed by atoms with Crippen LogP contribution in [0.2, 0.25) is 0 Å². The van der Waals surface area contributed by atoms with Crippen LogP contribution in [0.1, 0.15) is 48.5 Å². The number of carbonyl (C=O) groups excluding carboxylic acids is 1. The third-order valence-corrected chi connectivity index (χ3v) is 4.91. The van der Waals surface area contributed by atoms with E-state index in [0.29, 0.717) is 12.2 Å². The highest BCUT2D eigenvalue weighted by Crippen LogP contribution is 2.32. The minimum Gasteiger partial charge on any atom is -0.327 e. The first kappa shape index (κ1) is 16.5. The summed E-state index contributed by atoms with van der Waals surface area (Å²) in [5, 5.41) is 12.7. The molecule has 1 aliphatic rings. The number of amides is 1. The van der Waals surface area contributed by atoms with E-state index >= 15 is 0 Å². The van der Waals surface area contributed by atoms with Crippen LogP contribution in [0.25, 0.3) is 5.69 Å². The molecule has 3 heterocycles. The predicted octanol–water partition coefficient (Wildman–Crippen LogP) is 2.85. The van der Waals surface area contributed by atoms with Gasteiger partial charge >= 0.3 is 0 Å². The first-order valence-corrected chi connectivity index (χ1v) is 9.07. The summed E-state index contributed by atoms with van der Waals surface area (Å²) >= 11 is 0. The summed E-state index contributed by atoms with van der Waals surface area (Å²) in [7, 11) is 0. The molecule has 0 bridgehead atoms. The van der Waals surface area contributed by atoms with Crippen LogP contribution in [0.15, 0.2) is 48.9 Å². The van der Waals surface area contributed by atoms with E-state index in [2.05, 4.69) is 15.3 Å². The molecular weight excluding hydrogens is 328 g/mol. The van der Waals surface area contributed by atoms with Gasteiger partial charge in [-0.1, -0.05) is 18.2 Å². The van der Waals surface area contributed by atoms with Gasteiger partial charge in [0.2, 0.25) is 0 Å². The van der Waals surface area contributed by atoms with Crippen molar-refractivity contribution < 1.29 is 4.79 Å². The summed E-state index contributed by atoms with van der Waals surface area (Å²) < 4.78 is 3.73. The molecule has 1 atom stereocenters. The van der Waals surface area contributed by atoms with Crippen molar-refractivity contribution >= 4 is 5.91 Å². The maximum Gasteiger partial charge on any atom is 0.272 e. The van der Waals surface area contributed by atoms with E-state index in [1.54, 1.807) is 23.3 Å². The number of aryl methyl sites for hydroxylation is 1. The summed E-state index contributed by atoms with van der Waals surface area (Å²) in [6.07, 6.45) is 6.36. The lowest BCUT2D eigenvalue weighted by molar-refractivity contribution is 0.0585. The molecule has 4 rings (SSSR count). The van der Waals surface area contributed by atoms with Crippen LogP contribution in [0.4, 0.5) is 0 Å². The van der Waals surface area contributed by atoms with Crippen LogP contribution >= 0.6 is 0 Å². The molecule has 1 aliphatic heterocycles. The zero-order valence-corrected chi connectivity index (χ0v) is 14.8. The quantitative estimate of drug-likeness (QED) is 0.725. The first-order chi connectivity index (χ1) is 12.8. The Morgan fingerprint density at radius 2 is 2.04 bits per heavy atom. The Morgan fingerprint density at radius 3 is 2.85 bits per heavy atom. The number of para-hydroxylation sites is 1. The van der Waals surface area contributed by atoms with E-state index < -0.39 is 0 Å². The number of likely N-dealkylation sites (tertiary alicyclic amines) is 1. The fourth-order valence-corrected chi connectivity index (χ4v) is 3.62. The fourth-order valence-electron chi connectivity index (χ4n) is 3.62. The molecule has 0 spiro atoms. The van der Waals surface area contributed by atoms with Gasteiger partial charge in [0.1, 0.15) is 12.0 Å².